The largest absolute Gasteiger partial charge is 0.303 e. The number of hydrogen-bond donors (Lipinski definition) is 1. The summed E-state index contributed by atoms with van der Waals surface area (Å²) in [5, 5.41) is 8.32. The van der Waals surface area contributed by atoms with Crippen molar-refractivity contribution in [3.05, 3.63) is 29.5 Å². The molecule has 1 N–H and O–H groups in total. The number of imide groups is 1. The minimum absolute atomic E-state index is 0.179. The van der Waals surface area contributed by atoms with Crippen LogP contribution in [0.5, 0.6) is 0 Å². The molecule has 172 valence electrons. The van der Waals surface area contributed by atoms with Crippen molar-refractivity contribution in [2.45, 2.75) is 76.0 Å². The minimum atomic E-state index is -0.341. The number of piperidine rings is 1. The molecule has 2 aliphatic heterocycles. The van der Waals surface area contributed by atoms with E-state index in [4.69, 9.17) is 5.10 Å². The number of nitrogens with zero attached hydrogens (tertiary/aromatic N) is 3. The van der Waals surface area contributed by atoms with Gasteiger partial charge in [-0.15, -0.1) is 0 Å². The van der Waals surface area contributed by atoms with Crippen LogP contribution >= 0.6 is 0 Å². The number of hydrogen-bond acceptors (Lipinski definition) is 4. The van der Waals surface area contributed by atoms with Crippen molar-refractivity contribution in [2.24, 2.45) is 13.0 Å². The maximum absolute atomic E-state index is 12.5. The number of fused-ring (bicyclic) bond motifs is 1. The third-order valence-corrected chi connectivity index (χ3v) is 8.02. The van der Waals surface area contributed by atoms with Crippen LogP contribution in [-0.4, -0.2) is 46.1 Å². The summed E-state index contributed by atoms with van der Waals surface area (Å²) in [6, 6.07) is 6.44. The Hall–Kier alpha value is -2.21. The average Bonchev–Trinajstić information content (AvgIpc) is 3.39. The molecule has 2 amide bonds. The molecule has 0 spiro atoms. The van der Waals surface area contributed by atoms with Crippen LogP contribution < -0.4 is 5.32 Å². The molecule has 6 heteroatoms. The number of aryl methyl sites for hydroxylation is 1. The van der Waals surface area contributed by atoms with Gasteiger partial charge in [0.1, 0.15) is 0 Å². The summed E-state index contributed by atoms with van der Waals surface area (Å²) in [5.74, 6) is 0.749. The molecule has 3 aliphatic rings. The molecular weight excluding hydrogens is 400 g/mol. The highest BCUT2D eigenvalue weighted by Crippen LogP contribution is 2.37. The van der Waals surface area contributed by atoms with E-state index in [1.165, 1.54) is 70.0 Å². The third-order valence-electron chi connectivity index (χ3n) is 8.02. The molecule has 1 saturated carbocycles. The molecule has 1 aliphatic carbocycles. The Morgan fingerprint density at radius 1 is 1.09 bits per heavy atom. The maximum atomic E-state index is 12.5. The van der Waals surface area contributed by atoms with Crippen LogP contribution in [-0.2, 0) is 16.6 Å². The first-order valence-electron chi connectivity index (χ1n) is 12.6. The van der Waals surface area contributed by atoms with E-state index in [0.717, 1.165) is 29.1 Å². The van der Waals surface area contributed by atoms with E-state index < -0.39 is 0 Å². The number of rotatable bonds is 6. The van der Waals surface area contributed by atoms with E-state index in [1.807, 2.05) is 11.7 Å². The van der Waals surface area contributed by atoms with Crippen LogP contribution in [0.1, 0.15) is 87.3 Å². The van der Waals surface area contributed by atoms with Crippen molar-refractivity contribution in [3.8, 4) is 0 Å². The average molecular weight is 437 g/mol. The maximum Gasteiger partial charge on any atom is 0.235 e. The zero-order valence-electron chi connectivity index (χ0n) is 19.3. The van der Waals surface area contributed by atoms with Crippen LogP contribution in [0.25, 0.3) is 10.9 Å². The quantitative estimate of drug-likeness (QED) is 0.688. The zero-order chi connectivity index (χ0) is 22.1. The van der Waals surface area contributed by atoms with Crippen LogP contribution in [0.15, 0.2) is 18.2 Å². The topological polar surface area (TPSA) is 67.2 Å². The summed E-state index contributed by atoms with van der Waals surface area (Å²) in [6.45, 7) is 3.50. The number of para-hydroxylation sites is 1. The number of amides is 2. The minimum Gasteiger partial charge on any atom is -0.303 e. The smallest absolute Gasteiger partial charge is 0.235 e. The molecule has 2 saturated heterocycles. The summed E-state index contributed by atoms with van der Waals surface area (Å²) in [7, 11) is 1.98. The molecule has 3 fully saturated rings. The van der Waals surface area contributed by atoms with Gasteiger partial charge in [-0.1, -0.05) is 50.3 Å². The van der Waals surface area contributed by atoms with E-state index in [0.29, 0.717) is 18.8 Å². The van der Waals surface area contributed by atoms with Gasteiger partial charge in [-0.3, -0.25) is 19.6 Å². The summed E-state index contributed by atoms with van der Waals surface area (Å²) >= 11 is 0. The predicted molar refractivity (Wildman–Crippen MR) is 125 cm³/mol. The van der Waals surface area contributed by atoms with Gasteiger partial charge in [0.15, 0.2) is 0 Å². The standard InChI is InChI=1S/C26H36N4O2/c1-29-25-20(19-14-16-30(17-19)15-6-9-18-7-3-2-4-8-18)10-5-11-21(25)24(28-29)22-12-13-23(31)27-26(22)32/h5,10-11,18-19,22H,2-4,6-9,12-17H2,1H3,(H,27,31,32)/t19-,22?/m0/s1. The SMILES string of the molecule is Cn1nc(C2CCC(=O)NC2=O)c2cccc([C@H]3CCN(CCCC4CCCCC4)C3)c21. The number of benzene rings is 1. The lowest BCUT2D eigenvalue weighted by Gasteiger charge is -2.23. The number of likely N-dealkylation sites (tertiary alicyclic amines) is 1. The summed E-state index contributed by atoms with van der Waals surface area (Å²) in [6.07, 6.45) is 12.0. The third kappa shape index (κ3) is 4.34. The van der Waals surface area contributed by atoms with Crippen molar-refractivity contribution in [1.29, 1.82) is 0 Å². The number of carbonyl (C=O) groups excluding carboxylic acids is 2. The molecule has 2 aromatic rings. The van der Waals surface area contributed by atoms with Gasteiger partial charge in [-0.05, 0) is 56.2 Å². The Bertz CT molecular complexity index is 991. The van der Waals surface area contributed by atoms with Gasteiger partial charge in [0, 0.05) is 25.4 Å². The summed E-state index contributed by atoms with van der Waals surface area (Å²) in [4.78, 5) is 26.7. The molecule has 1 aromatic carbocycles. The van der Waals surface area contributed by atoms with Gasteiger partial charge >= 0.3 is 0 Å². The van der Waals surface area contributed by atoms with Gasteiger partial charge in [-0.2, -0.15) is 5.10 Å². The van der Waals surface area contributed by atoms with Crippen LogP contribution in [0, 0.1) is 5.92 Å². The predicted octanol–water partition coefficient (Wildman–Crippen LogP) is 4.24. The second-order valence-electron chi connectivity index (χ2n) is 10.2. The van der Waals surface area contributed by atoms with Gasteiger partial charge < -0.3 is 4.90 Å². The summed E-state index contributed by atoms with van der Waals surface area (Å²) < 4.78 is 1.95. The fourth-order valence-electron chi connectivity index (χ4n) is 6.30. The molecule has 32 heavy (non-hydrogen) atoms. The van der Waals surface area contributed by atoms with Gasteiger partial charge in [0.05, 0.1) is 17.1 Å². The first kappa shape index (κ1) is 21.6. The Morgan fingerprint density at radius 2 is 1.94 bits per heavy atom. The van der Waals surface area contributed by atoms with E-state index in [9.17, 15) is 9.59 Å². The van der Waals surface area contributed by atoms with Crippen LogP contribution in [0.2, 0.25) is 0 Å². The van der Waals surface area contributed by atoms with Crippen molar-refractivity contribution in [3.63, 3.8) is 0 Å². The molecule has 6 nitrogen and oxygen atoms in total. The normalized spacial score (nSPS) is 25.5. The van der Waals surface area contributed by atoms with Crippen molar-refractivity contribution >= 4 is 22.7 Å². The monoisotopic (exact) mass is 436 g/mol. The number of aromatic nitrogens is 2. The first-order chi connectivity index (χ1) is 15.6. The second kappa shape index (κ2) is 9.34. The zero-order valence-corrected chi connectivity index (χ0v) is 19.3. The molecule has 0 bridgehead atoms. The highest BCUT2D eigenvalue weighted by atomic mass is 16.2. The Morgan fingerprint density at radius 3 is 2.75 bits per heavy atom. The molecule has 1 unspecified atom stereocenters. The van der Waals surface area contributed by atoms with E-state index in [2.05, 4.69) is 28.4 Å². The fraction of sp³-hybridized carbons (Fsp3) is 0.654. The lowest BCUT2D eigenvalue weighted by molar-refractivity contribution is -0.134. The van der Waals surface area contributed by atoms with E-state index in [1.54, 1.807) is 0 Å². The van der Waals surface area contributed by atoms with Gasteiger partial charge in [0.2, 0.25) is 11.8 Å². The van der Waals surface area contributed by atoms with E-state index in [-0.39, 0.29) is 17.7 Å². The highest BCUT2D eigenvalue weighted by molar-refractivity contribution is 6.02. The lowest BCUT2D eigenvalue weighted by Crippen LogP contribution is -2.39. The molecule has 3 heterocycles. The Labute approximate surface area is 190 Å². The molecule has 2 atom stereocenters. The second-order valence-corrected chi connectivity index (χ2v) is 10.2. The Kier molecular flexibility index (Phi) is 6.31. The van der Waals surface area contributed by atoms with Crippen molar-refractivity contribution in [2.75, 3.05) is 19.6 Å². The van der Waals surface area contributed by atoms with Crippen molar-refractivity contribution in [1.82, 2.24) is 20.0 Å². The van der Waals surface area contributed by atoms with Gasteiger partial charge in [-0.25, -0.2) is 0 Å². The summed E-state index contributed by atoms with van der Waals surface area (Å²) in [5.41, 5.74) is 3.32. The molecule has 5 rings (SSSR count). The number of nitrogens with one attached hydrogen (secondary N) is 1. The highest BCUT2D eigenvalue weighted by Gasteiger charge is 2.33. The van der Waals surface area contributed by atoms with Crippen molar-refractivity contribution < 1.29 is 9.59 Å². The lowest BCUT2D eigenvalue weighted by atomic mass is 9.86. The van der Waals surface area contributed by atoms with Crippen LogP contribution in [0.4, 0.5) is 0 Å². The van der Waals surface area contributed by atoms with E-state index >= 15 is 0 Å². The Balaban J connectivity index is 1.28. The first-order valence-corrected chi connectivity index (χ1v) is 12.6. The van der Waals surface area contributed by atoms with Crippen LogP contribution in [0.3, 0.4) is 0 Å². The molecule has 1 aromatic heterocycles. The molecule has 0 radical (unpaired) electrons. The number of carbonyl (C=O) groups is 2. The fourth-order valence-corrected chi connectivity index (χ4v) is 6.30. The van der Waals surface area contributed by atoms with Gasteiger partial charge in [0.25, 0.3) is 0 Å². The molecular formula is C26H36N4O2.